The van der Waals surface area contributed by atoms with Crippen LogP contribution in [0.25, 0.3) is 11.3 Å². The Morgan fingerprint density at radius 2 is 1.92 bits per heavy atom. The number of rotatable bonds is 5. The van der Waals surface area contributed by atoms with E-state index in [2.05, 4.69) is 26.4 Å². The van der Waals surface area contributed by atoms with Crippen molar-refractivity contribution in [3.05, 3.63) is 64.1 Å². The molecule has 0 unspecified atom stereocenters. The standard InChI is InChI=1S/C20H19BrN2O3/c1-12-5-4-6-18(13(12)2)25-14(3)20(24)22-19-11-17(23-26-19)15-7-9-16(21)10-8-15/h4-11,14H,1-3H3,(H,22,24)/t14-/m1/s1. The smallest absolute Gasteiger partial charge is 0.267 e. The maximum Gasteiger partial charge on any atom is 0.267 e. The lowest BCUT2D eigenvalue weighted by Crippen LogP contribution is -2.30. The molecule has 0 radical (unpaired) electrons. The van der Waals surface area contributed by atoms with Crippen molar-refractivity contribution in [1.29, 1.82) is 0 Å². The van der Waals surface area contributed by atoms with E-state index in [0.717, 1.165) is 21.2 Å². The molecule has 3 rings (SSSR count). The van der Waals surface area contributed by atoms with Crippen LogP contribution in [0.2, 0.25) is 0 Å². The average molecular weight is 415 g/mol. The summed E-state index contributed by atoms with van der Waals surface area (Å²) in [4.78, 5) is 12.4. The predicted octanol–water partition coefficient (Wildman–Crippen LogP) is 5.13. The van der Waals surface area contributed by atoms with Crippen LogP contribution in [0.5, 0.6) is 5.75 Å². The number of carbonyl (C=O) groups is 1. The van der Waals surface area contributed by atoms with Gasteiger partial charge in [-0.25, -0.2) is 0 Å². The highest BCUT2D eigenvalue weighted by molar-refractivity contribution is 9.10. The van der Waals surface area contributed by atoms with Gasteiger partial charge in [-0.3, -0.25) is 10.1 Å². The number of nitrogens with zero attached hydrogens (tertiary/aromatic N) is 1. The van der Waals surface area contributed by atoms with Gasteiger partial charge >= 0.3 is 0 Å². The summed E-state index contributed by atoms with van der Waals surface area (Å²) in [6.45, 7) is 5.67. The first-order valence-corrected chi connectivity index (χ1v) is 8.99. The summed E-state index contributed by atoms with van der Waals surface area (Å²) in [6.07, 6.45) is -0.670. The number of anilines is 1. The summed E-state index contributed by atoms with van der Waals surface area (Å²) in [7, 11) is 0. The van der Waals surface area contributed by atoms with Gasteiger partial charge in [0.15, 0.2) is 6.10 Å². The van der Waals surface area contributed by atoms with Gasteiger partial charge in [0, 0.05) is 16.1 Å². The zero-order chi connectivity index (χ0) is 18.7. The highest BCUT2D eigenvalue weighted by Crippen LogP contribution is 2.24. The quantitative estimate of drug-likeness (QED) is 0.628. The first kappa shape index (κ1) is 18.2. The fourth-order valence-electron chi connectivity index (χ4n) is 2.41. The van der Waals surface area contributed by atoms with Gasteiger partial charge in [0.25, 0.3) is 5.91 Å². The lowest BCUT2D eigenvalue weighted by Gasteiger charge is -2.16. The Morgan fingerprint density at radius 1 is 1.19 bits per heavy atom. The molecule has 1 heterocycles. The number of carbonyl (C=O) groups excluding carboxylic acids is 1. The van der Waals surface area contributed by atoms with Gasteiger partial charge in [-0.2, -0.15) is 0 Å². The Kier molecular flexibility index (Phi) is 5.42. The minimum atomic E-state index is -0.670. The van der Waals surface area contributed by atoms with Crippen molar-refractivity contribution in [3.8, 4) is 17.0 Å². The van der Waals surface area contributed by atoms with E-state index in [1.54, 1.807) is 13.0 Å². The molecule has 0 aliphatic rings. The summed E-state index contributed by atoms with van der Waals surface area (Å²) < 4.78 is 12.0. The second-order valence-corrected chi connectivity index (χ2v) is 6.95. The number of halogens is 1. The van der Waals surface area contributed by atoms with Crippen molar-refractivity contribution in [2.24, 2.45) is 0 Å². The van der Waals surface area contributed by atoms with E-state index in [-0.39, 0.29) is 11.8 Å². The molecule has 0 aliphatic heterocycles. The van der Waals surface area contributed by atoms with Gasteiger partial charge in [0.05, 0.1) is 0 Å². The average Bonchev–Trinajstić information content (AvgIpc) is 3.08. The van der Waals surface area contributed by atoms with E-state index in [1.165, 1.54) is 0 Å². The van der Waals surface area contributed by atoms with Crippen LogP contribution in [0.4, 0.5) is 5.88 Å². The number of ether oxygens (including phenoxy) is 1. The van der Waals surface area contributed by atoms with Gasteiger partial charge in [-0.15, -0.1) is 0 Å². The number of benzene rings is 2. The Balaban J connectivity index is 1.66. The van der Waals surface area contributed by atoms with Crippen molar-refractivity contribution in [2.45, 2.75) is 26.9 Å². The SMILES string of the molecule is Cc1cccc(O[C@H](C)C(=O)Nc2cc(-c3ccc(Br)cc3)no2)c1C. The molecular weight excluding hydrogens is 396 g/mol. The molecule has 26 heavy (non-hydrogen) atoms. The fourth-order valence-corrected chi connectivity index (χ4v) is 2.67. The number of aromatic nitrogens is 1. The second-order valence-electron chi connectivity index (χ2n) is 6.03. The van der Waals surface area contributed by atoms with Gasteiger partial charge in [0.2, 0.25) is 5.88 Å². The molecule has 134 valence electrons. The van der Waals surface area contributed by atoms with Crippen LogP contribution in [0.1, 0.15) is 18.1 Å². The Hall–Kier alpha value is -2.60. The summed E-state index contributed by atoms with van der Waals surface area (Å²) in [5, 5.41) is 6.69. The molecule has 1 N–H and O–H groups in total. The van der Waals surface area contributed by atoms with Crippen molar-refractivity contribution in [1.82, 2.24) is 5.16 Å². The van der Waals surface area contributed by atoms with Crippen LogP contribution >= 0.6 is 15.9 Å². The Morgan fingerprint density at radius 3 is 2.65 bits per heavy atom. The first-order valence-electron chi connectivity index (χ1n) is 8.20. The zero-order valence-corrected chi connectivity index (χ0v) is 16.3. The van der Waals surface area contributed by atoms with Crippen molar-refractivity contribution < 1.29 is 14.1 Å². The highest BCUT2D eigenvalue weighted by atomic mass is 79.9. The maximum absolute atomic E-state index is 12.4. The van der Waals surface area contributed by atoms with Gasteiger partial charge in [-0.1, -0.05) is 45.4 Å². The van der Waals surface area contributed by atoms with Crippen molar-refractivity contribution in [2.75, 3.05) is 5.32 Å². The maximum atomic E-state index is 12.4. The van der Waals surface area contributed by atoms with E-state index >= 15 is 0 Å². The number of amides is 1. The van der Waals surface area contributed by atoms with Gasteiger partial charge in [-0.05, 0) is 50.1 Å². The summed E-state index contributed by atoms with van der Waals surface area (Å²) in [5.74, 6) is 0.675. The molecule has 5 nitrogen and oxygen atoms in total. The molecule has 0 saturated heterocycles. The molecule has 0 fully saturated rings. The third kappa shape index (κ3) is 4.14. The molecule has 2 aromatic carbocycles. The first-order chi connectivity index (χ1) is 12.4. The summed E-state index contributed by atoms with van der Waals surface area (Å²) >= 11 is 3.39. The van der Waals surface area contributed by atoms with Crippen LogP contribution < -0.4 is 10.1 Å². The number of hydrogen-bond acceptors (Lipinski definition) is 4. The number of hydrogen-bond donors (Lipinski definition) is 1. The van der Waals surface area contributed by atoms with Crippen molar-refractivity contribution >= 4 is 27.7 Å². The van der Waals surface area contributed by atoms with E-state index < -0.39 is 6.10 Å². The Labute approximate surface area is 160 Å². The van der Waals surface area contributed by atoms with E-state index in [0.29, 0.717) is 11.4 Å². The molecule has 1 atom stereocenters. The molecule has 1 amide bonds. The topological polar surface area (TPSA) is 64.4 Å². The fraction of sp³-hybridized carbons (Fsp3) is 0.200. The summed E-state index contributed by atoms with van der Waals surface area (Å²) in [6, 6.07) is 15.1. The van der Waals surface area contributed by atoms with Gasteiger partial charge in [0.1, 0.15) is 11.4 Å². The molecule has 0 bridgehead atoms. The van der Waals surface area contributed by atoms with Crippen LogP contribution in [-0.2, 0) is 4.79 Å². The van der Waals surface area contributed by atoms with E-state index in [4.69, 9.17) is 9.26 Å². The minimum absolute atomic E-state index is 0.282. The minimum Gasteiger partial charge on any atom is -0.481 e. The molecule has 3 aromatic rings. The monoisotopic (exact) mass is 414 g/mol. The molecule has 1 aromatic heterocycles. The summed E-state index contributed by atoms with van der Waals surface area (Å²) in [5.41, 5.74) is 3.68. The highest BCUT2D eigenvalue weighted by Gasteiger charge is 2.18. The zero-order valence-electron chi connectivity index (χ0n) is 14.7. The predicted molar refractivity (Wildman–Crippen MR) is 104 cm³/mol. The van der Waals surface area contributed by atoms with Gasteiger partial charge < -0.3 is 9.26 Å². The molecule has 0 aliphatic carbocycles. The second kappa shape index (κ2) is 7.74. The third-order valence-corrected chi connectivity index (χ3v) is 4.65. The molecule has 6 heteroatoms. The van der Waals surface area contributed by atoms with E-state index in [1.807, 2.05) is 56.3 Å². The van der Waals surface area contributed by atoms with Crippen LogP contribution in [0, 0.1) is 13.8 Å². The lowest BCUT2D eigenvalue weighted by atomic mass is 10.1. The lowest BCUT2D eigenvalue weighted by molar-refractivity contribution is -0.122. The van der Waals surface area contributed by atoms with E-state index in [9.17, 15) is 4.79 Å². The van der Waals surface area contributed by atoms with Crippen LogP contribution in [-0.4, -0.2) is 17.2 Å². The van der Waals surface area contributed by atoms with Crippen molar-refractivity contribution in [3.63, 3.8) is 0 Å². The number of aryl methyl sites for hydroxylation is 1. The molecule has 0 saturated carbocycles. The molecular formula is C20H19BrN2O3. The number of nitrogens with one attached hydrogen (secondary N) is 1. The normalized spacial score (nSPS) is 11.8. The Bertz CT molecular complexity index is 919. The largest absolute Gasteiger partial charge is 0.481 e. The third-order valence-electron chi connectivity index (χ3n) is 4.12. The van der Waals surface area contributed by atoms with Crippen LogP contribution in [0.3, 0.4) is 0 Å². The molecule has 0 spiro atoms. The van der Waals surface area contributed by atoms with Crippen LogP contribution in [0.15, 0.2) is 57.5 Å².